The Morgan fingerprint density at radius 2 is 2.11 bits per heavy atom. The minimum Gasteiger partial charge on any atom is -0.378 e. The Morgan fingerprint density at radius 3 is 2.89 bits per heavy atom. The van der Waals surface area contributed by atoms with E-state index in [0.29, 0.717) is 6.61 Å². The molecular formula is C13H20N4O. The van der Waals surface area contributed by atoms with Gasteiger partial charge >= 0.3 is 0 Å². The number of hydrogen-bond acceptors (Lipinski definition) is 4. The molecule has 98 valence electrons. The SMILES string of the molecule is CN(C)CCOCCNc1nc2ccccc2[nH]1. The first-order chi connectivity index (χ1) is 8.75. The Hall–Kier alpha value is -1.59. The van der Waals surface area contributed by atoms with Crippen molar-refractivity contribution in [2.75, 3.05) is 45.7 Å². The first-order valence-electron chi connectivity index (χ1n) is 6.17. The summed E-state index contributed by atoms with van der Waals surface area (Å²) < 4.78 is 5.49. The molecule has 18 heavy (non-hydrogen) atoms. The second-order valence-corrected chi connectivity index (χ2v) is 4.44. The number of likely N-dealkylation sites (N-methyl/N-ethyl adjacent to an activating group) is 1. The van der Waals surface area contributed by atoms with Gasteiger partial charge < -0.3 is 19.9 Å². The molecule has 0 bridgehead atoms. The number of aromatic nitrogens is 2. The number of H-pyrrole nitrogens is 1. The summed E-state index contributed by atoms with van der Waals surface area (Å²) in [6.07, 6.45) is 0. The van der Waals surface area contributed by atoms with E-state index in [4.69, 9.17) is 4.74 Å². The Morgan fingerprint density at radius 1 is 1.28 bits per heavy atom. The van der Waals surface area contributed by atoms with E-state index in [0.717, 1.165) is 36.7 Å². The predicted molar refractivity (Wildman–Crippen MR) is 74.0 cm³/mol. The summed E-state index contributed by atoms with van der Waals surface area (Å²) in [6, 6.07) is 7.98. The molecule has 0 aliphatic heterocycles. The molecule has 0 radical (unpaired) electrons. The standard InChI is InChI=1S/C13H20N4O/c1-17(2)8-10-18-9-7-14-13-15-11-5-3-4-6-12(11)16-13/h3-6H,7-10H2,1-2H3,(H2,14,15,16). The molecular weight excluding hydrogens is 228 g/mol. The van der Waals surface area contributed by atoms with E-state index in [1.165, 1.54) is 0 Å². The van der Waals surface area contributed by atoms with Gasteiger partial charge in [0, 0.05) is 13.1 Å². The van der Waals surface area contributed by atoms with E-state index in [1.54, 1.807) is 0 Å². The summed E-state index contributed by atoms with van der Waals surface area (Å²) in [7, 11) is 4.08. The van der Waals surface area contributed by atoms with Crippen LogP contribution in [0.2, 0.25) is 0 Å². The van der Waals surface area contributed by atoms with Crippen molar-refractivity contribution in [3.8, 4) is 0 Å². The molecule has 0 aliphatic carbocycles. The number of nitrogens with zero attached hydrogens (tertiary/aromatic N) is 2. The molecule has 2 N–H and O–H groups in total. The van der Waals surface area contributed by atoms with Crippen LogP contribution in [0.3, 0.4) is 0 Å². The second kappa shape index (κ2) is 6.37. The van der Waals surface area contributed by atoms with Gasteiger partial charge in [-0.05, 0) is 26.2 Å². The molecule has 5 nitrogen and oxygen atoms in total. The highest BCUT2D eigenvalue weighted by Gasteiger charge is 2.00. The van der Waals surface area contributed by atoms with Gasteiger partial charge in [0.2, 0.25) is 5.95 Å². The molecule has 2 rings (SSSR count). The van der Waals surface area contributed by atoms with Gasteiger partial charge in [-0.15, -0.1) is 0 Å². The van der Waals surface area contributed by atoms with Gasteiger partial charge in [-0.25, -0.2) is 4.98 Å². The molecule has 0 saturated carbocycles. The van der Waals surface area contributed by atoms with Crippen molar-refractivity contribution in [1.29, 1.82) is 0 Å². The lowest BCUT2D eigenvalue weighted by Gasteiger charge is -2.09. The van der Waals surface area contributed by atoms with Crippen molar-refractivity contribution in [2.24, 2.45) is 0 Å². The lowest BCUT2D eigenvalue weighted by atomic mass is 10.3. The van der Waals surface area contributed by atoms with E-state index < -0.39 is 0 Å². The summed E-state index contributed by atoms with van der Waals surface area (Å²) >= 11 is 0. The maximum atomic E-state index is 5.49. The number of rotatable bonds is 7. The van der Waals surface area contributed by atoms with Gasteiger partial charge in [-0.2, -0.15) is 0 Å². The van der Waals surface area contributed by atoms with Crippen LogP contribution >= 0.6 is 0 Å². The summed E-state index contributed by atoms with van der Waals surface area (Å²) in [5.74, 6) is 0.799. The number of hydrogen-bond donors (Lipinski definition) is 2. The zero-order valence-corrected chi connectivity index (χ0v) is 10.9. The fourth-order valence-electron chi connectivity index (χ4n) is 1.63. The number of nitrogens with one attached hydrogen (secondary N) is 2. The van der Waals surface area contributed by atoms with Crippen molar-refractivity contribution >= 4 is 17.0 Å². The van der Waals surface area contributed by atoms with Crippen LogP contribution in [0, 0.1) is 0 Å². The largest absolute Gasteiger partial charge is 0.378 e. The van der Waals surface area contributed by atoms with Crippen LogP contribution in [0.1, 0.15) is 0 Å². The van der Waals surface area contributed by atoms with Gasteiger partial charge in [0.05, 0.1) is 24.2 Å². The maximum Gasteiger partial charge on any atom is 0.201 e. The number of anilines is 1. The summed E-state index contributed by atoms with van der Waals surface area (Å²) in [4.78, 5) is 9.75. The second-order valence-electron chi connectivity index (χ2n) is 4.44. The number of ether oxygens (including phenoxy) is 1. The molecule has 0 aliphatic rings. The predicted octanol–water partition coefficient (Wildman–Crippen LogP) is 1.55. The van der Waals surface area contributed by atoms with Crippen LogP contribution in [0.25, 0.3) is 11.0 Å². The van der Waals surface area contributed by atoms with E-state index >= 15 is 0 Å². The van der Waals surface area contributed by atoms with Crippen molar-refractivity contribution in [3.63, 3.8) is 0 Å². The van der Waals surface area contributed by atoms with Crippen LogP contribution in [-0.2, 0) is 4.74 Å². The smallest absolute Gasteiger partial charge is 0.201 e. The van der Waals surface area contributed by atoms with Crippen LogP contribution in [0.15, 0.2) is 24.3 Å². The molecule has 0 amide bonds. The van der Waals surface area contributed by atoms with Crippen LogP contribution < -0.4 is 5.32 Å². The van der Waals surface area contributed by atoms with Crippen molar-refractivity contribution in [3.05, 3.63) is 24.3 Å². The highest BCUT2D eigenvalue weighted by molar-refractivity contribution is 5.77. The monoisotopic (exact) mass is 248 g/mol. The zero-order valence-electron chi connectivity index (χ0n) is 10.9. The molecule has 1 aromatic carbocycles. The normalized spacial score (nSPS) is 11.3. The van der Waals surface area contributed by atoms with Gasteiger partial charge in [-0.3, -0.25) is 0 Å². The quantitative estimate of drug-likeness (QED) is 0.730. The third-order valence-electron chi connectivity index (χ3n) is 2.61. The van der Waals surface area contributed by atoms with Crippen LogP contribution in [0.5, 0.6) is 0 Å². The number of aromatic amines is 1. The Balaban J connectivity index is 1.70. The summed E-state index contributed by atoms with van der Waals surface area (Å²) in [5, 5.41) is 3.22. The third kappa shape index (κ3) is 3.72. The highest BCUT2D eigenvalue weighted by Crippen LogP contribution is 2.12. The molecule has 0 unspecified atom stereocenters. The molecule has 0 fully saturated rings. The van der Waals surface area contributed by atoms with Crippen molar-refractivity contribution in [2.45, 2.75) is 0 Å². The molecule has 0 saturated heterocycles. The Labute approximate surface area is 107 Å². The fourth-order valence-corrected chi connectivity index (χ4v) is 1.63. The maximum absolute atomic E-state index is 5.49. The van der Waals surface area contributed by atoms with E-state index in [-0.39, 0.29) is 0 Å². The molecule has 1 aromatic heterocycles. The van der Waals surface area contributed by atoms with Gasteiger partial charge in [0.25, 0.3) is 0 Å². The van der Waals surface area contributed by atoms with E-state index in [2.05, 4.69) is 20.2 Å². The van der Waals surface area contributed by atoms with Gasteiger partial charge in [-0.1, -0.05) is 12.1 Å². The lowest BCUT2D eigenvalue weighted by molar-refractivity contribution is 0.126. The zero-order chi connectivity index (χ0) is 12.8. The van der Waals surface area contributed by atoms with Gasteiger partial charge in [0.1, 0.15) is 0 Å². The topological polar surface area (TPSA) is 53.2 Å². The summed E-state index contributed by atoms with van der Waals surface area (Å²) in [6.45, 7) is 3.15. The molecule has 2 aromatic rings. The number of fused-ring (bicyclic) bond motifs is 1. The average Bonchev–Trinajstić information content (AvgIpc) is 2.75. The van der Waals surface area contributed by atoms with Crippen molar-refractivity contribution < 1.29 is 4.74 Å². The molecule has 0 atom stereocenters. The van der Waals surface area contributed by atoms with Gasteiger partial charge in [0.15, 0.2) is 0 Å². The first-order valence-corrected chi connectivity index (χ1v) is 6.17. The Bertz CT molecular complexity index is 448. The number of imidazole rings is 1. The number of benzene rings is 1. The summed E-state index contributed by atoms with van der Waals surface area (Å²) in [5.41, 5.74) is 2.03. The van der Waals surface area contributed by atoms with E-state index in [9.17, 15) is 0 Å². The minimum absolute atomic E-state index is 0.685. The minimum atomic E-state index is 0.685. The fraction of sp³-hybridized carbons (Fsp3) is 0.462. The van der Waals surface area contributed by atoms with Crippen LogP contribution in [0.4, 0.5) is 5.95 Å². The average molecular weight is 248 g/mol. The first kappa shape index (κ1) is 12.9. The number of para-hydroxylation sites is 2. The van der Waals surface area contributed by atoms with Crippen LogP contribution in [-0.4, -0.2) is 55.3 Å². The highest BCUT2D eigenvalue weighted by atomic mass is 16.5. The molecule has 0 spiro atoms. The lowest BCUT2D eigenvalue weighted by Crippen LogP contribution is -2.20. The molecule has 5 heteroatoms. The van der Waals surface area contributed by atoms with E-state index in [1.807, 2.05) is 38.4 Å². The molecule has 1 heterocycles. The van der Waals surface area contributed by atoms with Crippen molar-refractivity contribution in [1.82, 2.24) is 14.9 Å². The Kier molecular flexibility index (Phi) is 4.55. The third-order valence-corrected chi connectivity index (χ3v) is 2.61.